The van der Waals surface area contributed by atoms with Crippen molar-refractivity contribution in [3.8, 4) is 0 Å². The molecule has 1 rings (SSSR count). The second-order valence-electron chi connectivity index (χ2n) is 5.39. The monoisotopic (exact) mass is 250 g/mol. The Balaban J connectivity index is 2.83. The molecule has 0 bridgehead atoms. The predicted octanol–water partition coefficient (Wildman–Crippen LogP) is 2.50. The van der Waals surface area contributed by atoms with Crippen molar-refractivity contribution in [2.75, 3.05) is 11.9 Å². The number of carbonyl (C=O) groups excluding carboxylic acids is 1. The van der Waals surface area contributed by atoms with Crippen LogP contribution in [0.1, 0.15) is 30.5 Å². The molecule has 3 N–H and O–H groups in total. The van der Waals surface area contributed by atoms with Crippen LogP contribution in [0.5, 0.6) is 0 Å². The molecule has 4 heteroatoms. The Bertz CT molecular complexity index is 430. The van der Waals surface area contributed by atoms with E-state index in [1.807, 2.05) is 32.9 Å². The highest BCUT2D eigenvalue weighted by Gasteiger charge is 2.19. The van der Waals surface area contributed by atoms with Gasteiger partial charge in [0, 0.05) is 5.69 Å². The topological polar surface area (TPSA) is 61.4 Å². The molecule has 0 spiro atoms. The minimum absolute atomic E-state index is 0.105. The molecule has 0 saturated carbocycles. The molecule has 0 aliphatic rings. The van der Waals surface area contributed by atoms with Gasteiger partial charge in [0.2, 0.25) is 0 Å². The molecule has 4 nitrogen and oxygen atoms in total. The normalized spacial score (nSPS) is 11.2. The molecular weight excluding hydrogens is 228 g/mol. The lowest BCUT2D eigenvalue weighted by molar-refractivity contribution is 0.187. The van der Waals surface area contributed by atoms with E-state index in [1.165, 1.54) is 5.56 Å². The lowest BCUT2D eigenvalue weighted by Gasteiger charge is -2.24. The Labute approximate surface area is 108 Å². The van der Waals surface area contributed by atoms with Crippen LogP contribution in [0.2, 0.25) is 0 Å². The minimum Gasteiger partial charge on any atom is -0.394 e. The fraction of sp³-hybridized carbons (Fsp3) is 0.500. The van der Waals surface area contributed by atoms with Crippen LogP contribution in [0.3, 0.4) is 0 Å². The molecule has 0 aliphatic heterocycles. The molecule has 100 valence electrons. The van der Waals surface area contributed by atoms with Gasteiger partial charge in [-0.1, -0.05) is 17.7 Å². The summed E-state index contributed by atoms with van der Waals surface area (Å²) in [5, 5.41) is 14.7. The van der Waals surface area contributed by atoms with Crippen molar-refractivity contribution in [2.45, 2.75) is 40.2 Å². The van der Waals surface area contributed by atoms with Crippen LogP contribution in [0.4, 0.5) is 10.5 Å². The Morgan fingerprint density at radius 1 is 1.22 bits per heavy atom. The predicted molar refractivity (Wildman–Crippen MR) is 74.0 cm³/mol. The number of amides is 2. The van der Waals surface area contributed by atoms with Crippen molar-refractivity contribution in [3.05, 3.63) is 28.8 Å². The van der Waals surface area contributed by atoms with Gasteiger partial charge in [-0.05, 0) is 45.7 Å². The Kier molecular flexibility index (Phi) is 4.35. The third-order valence-electron chi connectivity index (χ3n) is 2.76. The van der Waals surface area contributed by atoms with Crippen molar-refractivity contribution >= 4 is 11.7 Å². The van der Waals surface area contributed by atoms with Crippen LogP contribution in [-0.2, 0) is 0 Å². The van der Waals surface area contributed by atoms with E-state index in [4.69, 9.17) is 5.11 Å². The van der Waals surface area contributed by atoms with Crippen molar-refractivity contribution < 1.29 is 9.90 Å². The van der Waals surface area contributed by atoms with Gasteiger partial charge in [0.25, 0.3) is 0 Å². The van der Waals surface area contributed by atoms with E-state index in [0.29, 0.717) is 0 Å². The average molecular weight is 250 g/mol. The summed E-state index contributed by atoms with van der Waals surface area (Å²) in [6, 6.07) is 3.75. The number of aliphatic hydroxyl groups is 1. The summed E-state index contributed by atoms with van der Waals surface area (Å²) in [5.41, 5.74) is 3.43. The molecule has 0 fully saturated rings. The van der Waals surface area contributed by atoms with Crippen molar-refractivity contribution in [1.29, 1.82) is 0 Å². The average Bonchev–Trinajstić information content (AvgIpc) is 2.22. The summed E-state index contributed by atoms with van der Waals surface area (Å²) >= 11 is 0. The van der Waals surface area contributed by atoms with E-state index in [9.17, 15) is 4.79 Å². The van der Waals surface area contributed by atoms with Crippen LogP contribution in [-0.4, -0.2) is 23.3 Å². The summed E-state index contributed by atoms with van der Waals surface area (Å²) in [6.45, 7) is 9.38. The zero-order valence-corrected chi connectivity index (χ0v) is 11.7. The van der Waals surface area contributed by atoms with Gasteiger partial charge < -0.3 is 15.7 Å². The molecule has 0 atom stereocenters. The smallest absolute Gasteiger partial charge is 0.319 e. The summed E-state index contributed by atoms with van der Waals surface area (Å²) in [7, 11) is 0. The molecule has 0 heterocycles. The van der Waals surface area contributed by atoms with Gasteiger partial charge in [-0.2, -0.15) is 0 Å². The first-order chi connectivity index (χ1) is 8.25. The quantitative estimate of drug-likeness (QED) is 0.772. The van der Waals surface area contributed by atoms with E-state index >= 15 is 0 Å². The number of rotatable bonds is 3. The summed E-state index contributed by atoms with van der Waals surface area (Å²) in [5.74, 6) is 0. The fourth-order valence-electron chi connectivity index (χ4n) is 1.87. The van der Waals surface area contributed by atoms with Crippen LogP contribution >= 0.6 is 0 Å². The Morgan fingerprint density at radius 2 is 1.72 bits per heavy atom. The van der Waals surface area contributed by atoms with Gasteiger partial charge >= 0.3 is 6.03 Å². The standard InChI is InChI=1S/C14H22N2O2/c1-9-6-10(2)12(11(3)7-9)15-13(18)16-14(4,5)8-17/h6-7,17H,8H2,1-5H3,(H2,15,16,18). The Morgan fingerprint density at radius 3 is 2.17 bits per heavy atom. The SMILES string of the molecule is Cc1cc(C)c(NC(=O)NC(C)(C)CO)c(C)c1. The van der Waals surface area contributed by atoms with Crippen LogP contribution < -0.4 is 10.6 Å². The molecule has 0 radical (unpaired) electrons. The van der Waals surface area contributed by atoms with Gasteiger partial charge in [-0.15, -0.1) is 0 Å². The molecule has 18 heavy (non-hydrogen) atoms. The number of nitrogens with one attached hydrogen (secondary N) is 2. The van der Waals surface area contributed by atoms with E-state index in [2.05, 4.69) is 10.6 Å². The summed E-state index contributed by atoms with van der Waals surface area (Å²) < 4.78 is 0. The third kappa shape index (κ3) is 3.74. The van der Waals surface area contributed by atoms with Gasteiger partial charge in [0.15, 0.2) is 0 Å². The van der Waals surface area contributed by atoms with E-state index in [-0.39, 0.29) is 12.6 Å². The van der Waals surface area contributed by atoms with Crippen LogP contribution in [0.25, 0.3) is 0 Å². The van der Waals surface area contributed by atoms with Gasteiger partial charge in [0.05, 0.1) is 12.1 Å². The zero-order chi connectivity index (χ0) is 13.9. The lowest BCUT2D eigenvalue weighted by atomic mass is 10.1. The van der Waals surface area contributed by atoms with E-state index < -0.39 is 5.54 Å². The second-order valence-corrected chi connectivity index (χ2v) is 5.39. The number of urea groups is 1. The number of benzene rings is 1. The molecular formula is C14H22N2O2. The first kappa shape index (κ1) is 14.5. The van der Waals surface area contributed by atoms with Gasteiger partial charge in [0.1, 0.15) is 0 Å². The molecule has 0 aromatic heterocycles. The number of aliphatic hydroxyl groups excluding tert-OH is 1. The molecule has 2 amide bonds. The highest BCUT2D eigenvalue weighted by Crippen LogP contribution is 2.21. The maximum atomic E-state index is 11.8. The minimum atomic E-state index is -0.628. The molecule has 0 unspecified atom stereocenters. The van der Waals surface area contributed by atoms with Gasteiger partial charge in [-0.3, -0.25) is 0 Å². The lowest BCUT2D eigenvalue weighted by Crippen LogP contribution is -2.48. The first-order valence-corrected chi connectivity index (χ1v) is 6.03. The van der Waals surface area contributed by atoms with Crippen molar-refractivity contribution in [2.24, 2.45) is 0 Å². The highest BCUT2D eigenvalue weighted by atomic mass is 16.3. The molecule has 1 aromatic rings. The van der Waals surface area contributed by atoms with Crippen molar-refractivity contribution in [1.82, 2.24) is 5.32 Å². The maximum Gasteiger partial charge on any atom is 0.319 e. The number of hydrogen-bond acceptors (Lipinski definition) is 2. The number of carbonyl (C=O) groups is 1. The fourth-order valence-corrected chi connectivity index (χ4v) is 1.87. The number of anilines is 1. The second kappa shape index (κ2) is 5.40. The molecule has 0 saturated heterocycles. The number of hydrogen-bond donors (Lipinski definition) is 3. The summed E-state index contributed by atoms with van der Waals surface area (Å²) in [6.07, 6.45) is 0. The molecule has 0 aliphatic carbocycles. The largest absolute Gasteiger partial charge is 0.394 e. The van der Waals surface area contributed by atoms with E-state index in [1.54, 1.807) is 13.8 Å². The molecule has 1 aromatic carbocycles. The Hall–Kier alpha value is -1.55. The highest BCUT2D eigenvalue weighted by molar-refractivity contribution is 5.91. The third-order valence-corrected chi connectivity index (χ3v) is 2.76. The van der Waals surface area contributed by atoms with E-state index in [0.717, 1.165) is 16.8 Å². The maximum absolute atomic E-state index is 11.8. The first-order valence-electron chi connectivity index (χ1n) is 6.03. The summed E-state index contributed by atoms with van der Waals surface area (Å²) in [4.78, 5) is 11.8. The van der Waals surface area contributed by atoms with Crippen LogP contribution in [0, 0.1) is 20.8 Å². The van der Waals surface area contributed by atoms with Crippen LogP contribution in [0.15, 0.2) is 12.1 Å². The van der Waals surface area contributed by atoms with Gasteiger partial charge in [-0.25, -0.2) is 4.79 Å². The number of aryl methyl sites for hydroxylation is 3. The zero-order valence-electron chi connectivity index (χ0n) is 11.7. The van der Waals surface area contributed by atoms with Crippen molar-refractivity contribution in [3.63, 3.8) is 0 Å².